The largest absolute Gasteiger partial charge is 0.314 e. The fourth-order valence-corrected chi connectivity index (χ4v) is 4.63. The molecule has 6 heteroatoms. The van der Waals surface area contributed by atoms with E-state index in [1.807, 2.05) is 11.8 Å². The molecule has 0 aliphatic carbocycles. The van der Waals surface area contributed by atoms with Gasteiger partial charge in [0, 0.05) is 19.1 Å². The predicted molar refractivity (Wildman–Crippen MR) is 72.9 cm³/mol. The quantitative estimate of drug-likeness (QED) is 0.824. The van der Waals surface area contributed by atoms with Gasteiger partial charge in [-0.3, -0.25) is 0 Å². The minimum absolute atomic E-state index is 0.513. The summed E-state index contributed by atoms with van der Waals surface area (Å²) < 4.78 is 24.3. The van der Waals surface area contributed by atoms with Crippen molar-refractivity contribution in [2.75, 3.05) is 37.4 Å². The lowest BCUT2D eigenvalue weighted by Gasteiger charge is -2.31. The first-order chi connectivity index (χ1) is 8.05. The first kappa shape index (κ1) is 13.6. The summed E-state index contributed by atoms with van der Waals surface area (Å²) in [5.74, 6) is 3.42. The molecule has 2 aliphatic rings. The lowest BCUT2D eigenvalue weighted by Crippen LogP contribution is -2.45. The molecule has 0 spiro atoms. The van der Waals surface area contributed by atoms with E-state index < -0.39 is 10.0 Å². The zero-order valence-corrected chi connectivity index (χ0v) is 12.0. The summed E-state index contributed by atoms with van der Waals surface area (Å²) in [6.07, 6.45) is 4.54. The van der Waals surface area contributed by atoms with E-state index in [0.29, 0.717) is 19.1 Å². The van der Waals surface area contributed by atoms with Crippen molar-refractivity contribution >= 4 is 21.8 Å². The van der Waals surface area contributed by atoms with Crippen molar-refractivity contribution in [3.05, 3.63) is 0 Å². The smallest absolute Gasteiger partial charge is 0.211 e. The summed E-state index contributed by atoms with van der Waals surface area (Å²) in [6.45, 7) is 2.46. The second kappa shape index (κ2) is 5.91. The predicted octanol–water partition coefficient (Wildman–Crippen LogP) is 0.753. The lowest BCUT2D eigenvalue weighted by atomic mass is 10.0. The molecule has 2 rings (SSSR count). The Morgan fingerprint density at radius 1 is 1.29 bits per heavy atom. The van der Waals surface area contributed by atoms with Gasteiger partial charge in [-0.05, 0) is 43.2 Å². The SMILES string of the molecule is CS(=O)(=O)N1CCC(NCC2CCSC2)CC1. The molecule has 2 heterocycles. The van der Waals surface area contributed by atoms with Crippen LogP contribution < -0.4 is 5.32 Å². The van der Waals surface area contributed by atoms with Crippen LogP contribution in [0.15, 0.2) is 0 Å². The maximum absolute atomic E-state index is 11.4. The first-order valence-electron chi connectivity index (χ1n) is 6.32. The Kier molecular flexibility index (Phi) is 4.74. The van der Waals surface area contributed by atoms with Crippen molar-refractivity contribution < 1.29 is 8.42 Å². The summed E-state index contributed by atoms with van der Waals surface area (Å²) >= 11 is 2.05. The zero-order chi connectivity index (χ0) is 12.3. The highest BCUT2D eigenvalue weighted by Crippen LogP contribution is 2.23. The van der Waals surface area contributed by atoms with Gasteiger partial charge in [-0.15, -0.1) is 0 Å². The van der Waals surface area contributed by atoms with Gasteiger partial charge < -0.3 is 5.32 Å². The van der Waals surface area contributed by atoms with Crippen LogP contribution in [0.3, 0.4) is 0 Å². The number of hydrogen-bond donors (Lipinski definition) is 1. The molecule has 1 N–H and O–H groups in total. The van der Waals surface area contributed by atoms with Crippen LogP contribution in [0.2, 0.25) is 0 Å². The maximum atomic E-state index is 11.4. The van der Waals surface area contributed by atoms with E-state index in [1.165, 1.54) is 24.2 Å². The standard InChI is InChI=1S/C11H22N2O2S2/c1-17(14,15)13-5-2-11(3-6-13)12-8-10-4-7-16-9-10/h10-12H,2-9H2,1H3. The van der Waals surface area contributed by atoms with Gasteiger partial charge in [0.05, 0.1) is 6.26 Å². The summed E-state index contributed by atoms with van der Waals surface area (Å²) in [7, 11) is -2.98. The molecule has 2 aliphatic heterocycles. The second-order valence-electron chi connectivity index (χ2n) is 5.07. The van der Waals surface area contributed by atoms with Gasteiger partial charge in [0.15, 0.2) is 0 Å². The topological polar surface area (TPSA) is 49.4 Å². The molecule has 100 valence electrons. The minimum Gasteiger partial charge on any atom is -0.314 e. The summed E-state index contributed by atoms with van der Waals surface area (Å²) in [5, 5.41) is 3.60. The Balaban J connectivity index is 1.68. The molecular weight excluding hydrogens is 256 g/mol. The number of sulfonamides is 1. The van der Waals surface area contributed by atoms with Crippen LogP contribution in [0, 0.1) is 5.92 Å². The van der Waals surface area contributed by atoms with Crippen LogP contribution in [0.4, 0.5) is 0 Å². The lowest BCUT2D eigenvalue weighted by molar-refractivity contribution is 0.284. The number of hydrogen-bond acceptors (Lipinski definition) is 4. The highest BCUT2D eigenvalue weighted by Gasteiger charge is 2.25. The van der Waals surface area contributed by atoms with Gasteiger partial charge in [0.2, 0.25) is 10.0 Å². The van der Waals surface area contributed by atoms with Crippen LogP contribution in [0.5, 0.6) is 0 Å². The Hall–Kier alpha value is 0.220. The first-order valence-corrected chi connectivity index (χ1v) is 9.32. The maximum Gasteiger partial charge on any atom is 0.211 e. The highest BCUT2D eigenvalue weighted by molar-refractivity contribution is 7.99. The average molecular weight is 278 g/mol. The Labute approximate surface area is 109 Å². The van der Waals surface area contributed by atoms with Crippen LogP contribution in [-0.2, 0) is 10.0 Å². The third-order valence-corrected chi connectivity index (χ3v) is 6.18. The summed E-state index contributed by atoms with van der Waals surface area (Å²) in [5.41, 5.74) is 0. The van der Waals surface area contributed by atoms with Crippen LogP contribution in [-0.4, -0.2) is 56.2 Å². The molecule has 2 saturated heterocycles. The van der Waals surface area contributed by atoms with Gasteiger partial charge in [-0.2, -0.15) is 11.8 Å². The zero-order valence-electron chi connectivity index (χ0n) is 10.4. The van der Waals surface area contributed by atoms with Crippen molar-refractivity contribution in [3.8, 4) is 0 Å². The fourth-order valence-electron chi connectivity index (χ4n) is 2.47. The molecule has 0 aromatic carbocycles. The van der Waals surface area contributed by atoms with Gasteiger partial charge in [0.1, 0.15) is 0 Å². The number of rotatable bonds is 4. The highest BCUT2D eigenvalue weighted by atomic mass is 32.2. The molecule has 0 aromatic heterocycles. The molecule has 2 fully saturated rings. The Morgan fingerprint density at radius 3 is 2.53 bits per heavy atom. The van der Waals surface area contributed by atoms with Crippen molar-refractivity contribution in [3.63, 3.8) is 0 Å². The summed E-state index contributed by atoms with van der Waals surface area (Å²) in [6, 6.07) is 0.513. The minimum atomic E-state index is -2.98. The average Bonchev–Trinajstić information content (AvgIpc) is 2.78. The van der Waals surface area contributed by atoms with E-state index in [2.05, 4.69) is 5.32 Å². The van der Waals surface area contributed by atoms with Crippen LogP contribution in [0.25, 0.3) is 0 Å². The monoisotopic (exact) mass is 278 g/mol. The van der Waals surface area contributed by atoms with Gasteiger partial charge in [-0.25, -0.2) is 12.7 Å². The van der Waals surface area contributed by atoms with Crippen molar-refractivity contribution in [1.29, 1.82) is 0 Å². The van der Waals surface area contributed by atoms with Gasteiger partial charge >= 0.3 is 0 Å². The van der Waals surface area contributed by atoms with E-state index in [9.17, 15) is 8.42 Å². The van der Waals surface area contributed by atoms with Crippen molar-refractivity contribution in [1.82, 2.24) is 9.62 Å². The van der Waals surface area contributed by atoms with Crippen molar-refractivity contribution in [2.24, 2.45) is 5.92 Å². The fraction of sp³-hybridized carbons (Fsp3) is 1.00. The van der Waals surface area contributed by atoms with E-state index in [1.54, 1.807) is 4.31 Å². The number of nitrogens with one attached hydrogen (secondary N) is 1. The molecule has 0 radical (unpaired) electrons. The normalized spacial score (nSPS) is 28.6. The van der Waals surface area contributed by atoms with E-state index in [0.717, 1.165) is 25.3 Å². The third-order valence-electron chi connectivity index (χ3n) is 3.64. The molecule has 17 heavy (non-hydrogen) atoms. The third kappa shape index (κ3) is 4.12. The molecule has 0 amide bonds. The molecule has 0 saturated carbocycles. The van der Waals surface area contributed by atoms with E-state index in [-0.39, 0.29) is 0 Å². The molecule has 0 bridgehead atoms. The molecule has 1 unspecified atom stereocenters. The Bertz CT molecular complexity index is 331. The van der Waals surface area contributed by atoms with Gasteiger partial charge in [0.25, 0.3) is 0 Å². The number of piperidine rings is 1. The Morgan fingerprint density at radius 2 is 2.00 bits per heavy atom. The van der Waals surface area contributed by atoms with E-state index in [4.69, 9.17) is 0 Å². The molecule has 4 nitrogen and oxygen atoms in total. The van der Waals surface area contributed by atoms with Crippen LogP contribution >= 0.6 is 11.8 Å². The van der Waals surface area contributed by atoms with E-state index >= 15 is 0 Å². The molecule has 0 aromatic rings. The molecular formula is C11H22N2O2S2. The second-order valence-corrected chi connectivity index (χ2v) is 8.21. The molecule has 1 atom stereocenters. The summed E-state index contributed by atoms with van der Waals surface area (Å²) in [4.78, 5) is 0. The van der Waals surface area contributed by atoms with Crippen LogP contribution in [0.1, 0.15) is 19.3 Å². The number of nitrogens with zero attached hydrogens (tertiary/aromatic N) is 1. The number of thioether (sulfide) groups is 1. The van der Waals surface area contributed by atoms with Gasteiger partial charge in [-0.1, -0.05) is 0 Å². The van der Waals surface area contributed by atoms with Crippen molar-refractivity contribution in [2.45, 2.75) is 25.3 Å².